The molecule has 1 aliphatic rings. The molecule has 0 fully saturated rings. The molecule has 1 aliphatic heterocycles. The Bertz CT molecular complexity index is 689. The fourth-order valence-electron chi connectivity index (χ4n) is 2.02. The van der Waals surface area contributed by atoms with Crippen LogP contribution in [-0.2, 0) is 10.0 Å². The lowest BCUT2D eigenvalue weighted by Gasteiger charge is -2.46. The predicted molar refractivity (Wildman–Crippen MR) is 90.1 cm³/mol. The summed E-state index contributed by atoms with van der Waals surface area (Å²) in [6.07, 6.45) is 0. The summed E-state index contributed by atoms with van der Waals surface area (Å²) in [5, 5.41) is -0.0113. The van der Waals surface area contributed by atoms with E-state index in [1.54, 1.807) is 30.3 Å². The van der Waals surface area contributed by atoms with Crippen molar-refractivity contribution >= 4 is 73.7 Å². The summed E-state index contributed by atoms with van der Waals surface area (Å²) in [5.74, 6) is -0.275. The van der Waals surface area contributed by atoms with Crippen LogP contribution in [0.2, 0.25) is 0 Å². The number of alkyl halides is 4. The van der Waals surface area contributed by atoms with Crippen molar-refractivity contribution < 1.29 is 8.42 Å². The third-order valence-electron chi connectivity index (χ3n) is 3.16. The monoisotopic (exact) mass is 407 g/mol. The first-order valence-electron chi connectivity index (χ1n) is 5.70. The summed E-state index contributed by atoms with van der Waals surface area (Å²) in [4.78, 5) is -1.68. The van der Waals surface area contributed by atoms with Crippen LogP contribution in [0.3, 0.4) is 0 Å². The number of hydrogen-bond donors (Lipinski definition) is 0. The molecule has 0 saturated carbocycles. The van der Waals surface area contributed by atoms with Crippen molar-refractivity contribution in [3.63, 3.8) is 0 Å². The zero-order valence-corrected chi connectivity index (χ0v) is 15.3. The van der Waals surface area contributed by atoms with Gasteiger partial charge in [-0.15, -0.1) is 11.6 Å². The normalized spacial score (nSPS) is 27.8. The lowest BCUT2D eigenvalue weighted by atomic mass is 10.2. The van der Waals surface area contributed by atoms with Crippen molar-refractivity contribution in [3.8, 4) is 0 Å². The van der Waals surface area contributed by atoms with E-state index >= 15 is 0 Å². The van der Waals surface area contributed by atoms with E-state index in [9.17, 15) is 8.42 Å². The fraction of sp³-hybridized carbons (Fsp3) is 0.333. The molecule has 1 aromatic rings. The van der Waals surface area contributed by atoms with Crippen LogP contribution in [0.1, 0.15) is 6.92 Å². The molecule has 0 saturated heterocycles. The van der Waals surface area contributed by atoms with Gasteiger partial charge in [0.05, 0.1) is 16.6 Å². The summed E-state index contributed by atoms with van der Waals surface area (Å²) in [7, 11) is -4.25. The Kier molecular flexibility index (Phi) is 4.72. The number of benzene rings is 1. The minimum atomic E-state index is -4.25. The van der Waals surface area contributed by atoms with Gasteiger partial charge in [0, 0.05) is 0 Å². The fourth-order valence-corrected chi connectivity index (χ4v) is 5.68. The second-order valence-corrected chi connectivity index (χ2v) is 9.43. The molecule has 3 nitrogen and oxygen atoms in total. The minimum Gasteiger partial charge on any atom is -0.241 e. The van der Waals surface area contributed by atoms with Crippen LogP contribution in [0.5, 0.6) is 0 Å². The number of rotatable bonds is 2. The van der Waals surface area contributed by atoms with E-state index in [1.807, 2.05) is 0 Å². The maximum absolute atomic E-state index is 12.8. The van der Waals surface area contributed by atoms with Crippen LogP contribution in [0.15, 0.2) is 40.9 Å². The van der Waals surface area contributed by atoms with Gasteiger partial charge in [-0.25, -0.2) is 12.7 Å². The number of para-hydroxylation sites is 1. The molecular weight excluding hydrogens is 399 g/mol. The first-order chi connectivity index (χ1) is 9.60. The lowest BCUT2D eigenvalue weighted by molar-refractivity contribution is 0.572. The van der Waals surface area contributed by atoms with E-state index in [-0.39, 0.29) is 22.2 Å². The van der Waals surface area contributed by atoms with Gasteiger partial charge in [0.15, 0.2) is 5.00 Å². The van der Waals surface area contributed by atoms with Crippen molar-refractivity contribution in [1.82, 2.24) is 0 Å². The Morgan fingerprint density at radius 1 is 1.14 bits per heavy atom. The zero-order valence-electron chi connectivity index (χ0n) is 10.7. The lowest BCUT2D eigenvalue weighted by Crippen LogP contribution is -2.59. The summed E-state index contributed by atoms with van der Waals surface area (Å²) < 4.78 is 24.2. The molecule has 0 bridgehead atoms. The SMILES string of the molecule is CC1=C(Cl)C(Cl)(CCl)N(c2ccccc2)S(=O)(=O)C1(Cl)Cl. The maximum Gasteiger partial charge on any atom is 0.275 e. The van der Waals surface area contributed by atoms with Gasteiger partial charge in [0.1, 0.15) is 0 Å². The number of sulfonamides is 1. The van der Waals surface area contributed by atoms with Crippen molar-refractivity contribution in [2.24, 2.45) is 0 Å². The van der Waals surface area contributed by atoms with Gasteiger partial charge in [-0.3, -0.25) is 0 Å². The van der Waals surface area contributed by atoms with Crippen LogP contribution in [-0.4, -0.2) is 23.0 Å². The minimum absolute atomic E-state index is 0.0113. The molecular formula is C12H10Cl5NO2S. The third kappa shape index (κ3) is 2.44. The van der Waals surface area contributed by atoms with E-state index in [0.717, 1.165) is 4.31 Å². The molecule has 116 valence electrons. The summed E-state index contributed by atoms with van der Waals surface area (Å²) >= 11 is 30.6. The van der Waals surface area contributed by atoms with E-state index < -0.39 is 18.7 Å². The number of nitrogens with zero attached hydrogens (tertiary/aromatic N) is 1. The first-order valence-corrected chi connectivity index (χ1v) is 9.19. The molecule has 0 amide bonds. The van der Waals surface area contributed by atoms with Gasteiger partial charge in [-0.05, 0) is 24.6 Å². The smallest absolute Gasteiger partial charge is 0.241 e. The Morgan fingerprint density at radius 2 is 1.67 bits per heavy atom. The summed E-state index contributed by atoms with van der Waals surface area (Å²) in [5.41, 5.74) is 0.305. The van der Waals surface area contributed by atoms with Crippen molar-refractivity contribution in [1.29, 1.82) is 0 Å². The molecule has 0 radical (unpaired) electrons. The summed E-state index contributed by atoms with van der Waals surface area (Å²) in [6.45, 7) is 1.41. The van der Waals surface area contributed by atoms with Gasteiger partial charge in [0.2, 0.25) is 0 Å². The second kappa shape index (κ2) is 5.66. The predicted octanol–water partition coefficient (Wildman–Crippen LogP) is 4.65. The highest BCUT2D eigenvalue weighted by molar-refractivity contribution is 7.97. The largest absolute Gasteiger partial charge is 0.275 e. The van der Waals surface area contributed by atoms with E-state index in [0.29, 0.717) is 0 Å². The molecule has 1 aromatic carbocycles. The van der Waals surface area contributed by atoms with Crippen LogP contribution in [0.4, 0.5) is 5.69 Å². The van der Waals surface area contributed by atoms with Crippen molar-refractivity contribution in [2.75, 3.05) is 10.2 Å². The number of anilines is 1. The molecule has 0 aliphatic carbocycles. The third-order valence-corrected chi connectivity index (χ3v) is 8.66. The van der Waals surface area contributed by atoms with E-state index in [2.05, 4.69) is 0 Å². The number of hydrogen-bond acceptors (Lipinski definition) is 2. The summed E-state index contributed by atoms with van der Waals surface area (Å²) in [6, 6.07) is 8.14. The van der Waals surface area contributed by atoms with Crippen molar-refractivity contribution in [2.45, 2.75) is 15.6 Å². The average Bonchev–Trinajstić information content (AvgIpc) is 2.45. The van der Waals surface area contributed by atoms with Gasteiger partial charge in [-0.2, -0.15) is 0 Å². The molecule has 9 heteroatoms. The van der Waals surface area contributed by atoms with Gasteiger partial charge in [-0.1, -0.05) is 64.6 Å². The first kappa shape index (κ1) is 17.5. The highest BCUT2D eigenvalue weighted by Crippen LogP contribution is 2.53. The highest BCUT2D eigenvalue weighted by atomic mass is 35.5. The van der Waals surface area contributed by atoms with Gasteiger partial charge < -0.3 is 0 Å². The average molecular weight is 410 g/mol. The maximum atomic E-state index is 12.8. The molecule has 0 spiro atoms. The molecule has 21 heavy (non-hydrogen) atoms. The van der Waals surface area contributed by atoms with Gasteiger partial charge in [0.25, 0.3) is 13.7 Å². The molecule has 2 rings (SSSR count). The highest BCUT2D eigenvalue weighted by Gasteiger charge is 2.60. The van der Waals surface area contributed by atoms with Crippen LogP contribution in [0.25, 0.3) is 0 Å². The molecule has 0 aromatic heterocycles. The molecule has 1 atom stereocenters. The second-order valence-electron chi connectivity index (χ2n) is 4.45. The van der Waals surface area contributed by atoms with Crippen molar-refractivity contribution in [3.05, 3.63) is 40.9 Å². The van der Waals surface area contributed by atoms with Gasteiger partial charge >= 0.3 is 0 Å². The molecule has 1 heterocycles. The Labute approximate surface area is 148 Å². The topological polar surface area (TPSA) is 37.4 Å². The quantitative estimate of drug-likeness (QED) is 0.526. The Hall–Kier alpha value is 0.160. The Balaban J connectivity index is 2.84. The van der Waals surface area contributed by atoms with E-state index in [4.69, 9.17) is 58.0 Å². The van der Waals surface area contributed by atoms with E-state index in [1.165, 1.54) is 6.92 Å². The molecule has 0 N–H and O–H groups in total. The standard InChI is InChI=1S/C12H10Cl5NO2S/c1-8-10(14)11(15,7-13)18(9-5-3-2-4-6-9)21(19,20)12(8,16)17/h2-6H,7H2,1H3. The zero-order chi connectivity index (χ0) is 16.1. The van der Waals surface area contributed by atoms with Crippen LogP contribution in [0, 0.1) is 0 Å². The Morgan fingerprint density at radius 3 is 2.14 bits per heavy atom. The van der Waals surface area contributed by atoms with Crippen LogP contribution < -0.4 is 4.31 Å². The van der Waals surface area contributed by atoms with Crippen LogP contribution >= 0.6 is 58.0 Å². The number of halogens is 5. The molecule has 1 unspecified atom stereocenters.